The van der Waals surface area contributed by atoms with Crippen molar-refractivity contribution in [3.05, 3.63) is 54.1 Å². The lowest BCUT2D eigenvalue weighted by Crippen LogP contribution is -2.47. The highest BCUT2D eigenvalue weighted by atomic mass is 32.2. The van der Waals surface area contributed by atoms with Gasteiger partial charge >= 0.3 is 0 Å². The number of nitrogens with zero attached hydrogens (tertiary/aromatic N) is 3. The Labute approximate surface area is 153 Å². The number of piperidine rings is 1. The minimum Gasteiger partial charge on any atom is -0.328 e. The van der Waals surface area contributed by atoms with Crippen LogP contribution in [-0.2, 0) is 16.8 Å². The largest absolute Gasteiger partial charge is 0.328 e. The molecule has 0 aliphatic carbocycles. The molecule has 6 nitrogen and oxygen atoms in total. The lowest BCUT2D eigenvalue weighted by Gasteiger charge is -2.32. The quantitative estimate of drug-likeness (QED) is 0.863. The van der Waals surface area contributed by atoms with Crippen molar-refractivity contribution in [3.8, 4) is 11.1 Å². The van der Waals surface area contributed by atoms with Gasteiger partial charge in [0, 0.05) is 56.2 Å². The van der Waals surface area contributed by atoms with Crippen LogP contribution in [0.3, 0.4) is 0 Å². The highest BCUT2D eigenvalue weighted by Gasteiger charge is 2.30. The number of hydrogen-bond acceptors (Lipinski definition) is 4. The Bertz CT molecular complexity index is 853. The first kappa shape index (κ1) is 18.9. The fraction of sp³-hybridized carbons (Fsp3) is 0.389. The maximum absolute atomic E-state index is 14.5. The van der Waals surface area contributed by atoms with Crippen LogP contribution in [0.4, 0.5) is 4.39 Å². The SMILES string of the molecule is CN(Cc1ccc(-c2cccnc2)c(F)c1)S(=O)(=O)N1CCC(N)CC1. The molecule has 1 saturated heterocycles. The number of halogens is 1. The van der Waals surface area contributed by atoms with Gasteiger partial charge in [0.05, 0.1) is 0 Å². The number of aromatic nitrogens is 1. The number of rotatable bonds is 5. The molecule has 8 heteroatoms. The van der Waals surface area contributed by atoms with Crippen molar-refractivity contribution in [1.29, 1.82) is 0 Å². The molecule has 3 rings (SSSR count). The van der Waals surface area contributed by atoms with Gasteiger partial charge in [-0.15, -0.1) is 0 Å². The monoisotopic (exact) mass is 378 g/mol. The number of hydrogen-bond donors (Lipinski definition) is 1. The molecule has 1 fully saturated rings. The summed E-state index contributed by atoms with van der Waals surface area (Å²) in [4.78, 5) is 3.99. The Hall–Kier alpha value is -1.87. The fourth-order valence-corrected chi connectivity index (χ4v) is 4.43. The lowest BCUT2D eigenvalue weighted by molar-refractivity contribution is 0.295. The standard InChI is InChI=1S/C18H23FN4O2S/c1-22(26(24,25)23-9-6-16(20)7-10-23)13-14-4-5-17(18(19)11-14)15-3-2-8-21-12-15/h2-5,8,11-12,16H,6-7,9-10,13,20H2,1H3. The van der Waals surface area contributed by atoms with Gasteiger partial charge < -0.3 is 5.73 Å². The van der Waals surface area contributed by atoms with Gasteiger partial charge in [-0.25, -0.2) is 4.39 Å². The molecule has 140 valence electrons. The van der Waals surface area contributed by atoms with Crippen LogP contribution in [0.25, 0.3) is 11.1 Å². The van der Waals surface area contributed by atoms with Gasteiger partial charge in [0.2, 0.25) is 0 Å². The number of nitrogens with two attached hydrogens (primary N) is 1. The molecule has 1 aliphatic rings. The van der Waals surface area contributed by atoms with Gasteiger partial charge in [0.15, 0.2) is 0 Å². The molecule has 0 radical (unpaired) electrons. The molecular formula is C18H23FN4O2S. The zero-order chi connectivity index (χ0) is 18.7. The summed E-state index contributed by atoms with van der Waals surface area (Å²) in [6, 6.07) is 8.35. The first-order valence-electron chi connectivity index (χ1n) is 8.54. The third kappa shape index (κ3) is 4.09. The summed E-state index contributed by atoms with van der Waals surface area (Å²) in [6.07, 6.45) is 4.53. The maximum Gasteiger partial charge on any atom is 0.282 e. The van der Waals surface area contributed by atoms with E-state index < -0.39 is 16.0 Å². The first-order chi connectivity index (χ1) is 12.4. The van der Waals surface area contributed by atoms with Crippen molar-refractivity contribution >= 4 is 10.2 Å². The molecule has 0 unspecified atom stereocenters. The van der Waals surface area contributed by atoms with E-state index in [-0.39, 0.29) is 12.6 Å². The van der Waals surface area contributed by atoms with Crippen molar-refractivity contribution in [2.24, 2.45) is 5.73 Å². The highest BCUT2D eigenvalue weighted by molar-refractivity contribution is 7.86. The molecule has 0 amide bonds. The average Bonchev–Trinajstić information content (AvgIpc) is 2.63. The van der Waals surface area contributed by atoms with E-state index in [1.54, 1.807) is 36.7 Å². The molecule has 2 aromatic rings. The first-order valence-corrected chi connectivity index (χ1v) is 9.93. The van der Waals surface area contributed by atoms with E-state index in [1.807, 2.05) is 0 Å². The smallest absolute Gasteiger partial charge is 0.282 e. The molecule has 0 saturated carbocycles. The molecule has 2 heterocycles. The van der Waals surface area contributed by atoms with Crippen LogP contribution in [0.1, 0.15) is 18.4 Å². The summed E-state index contributed by atoms with van der Waals surface area (Å²) < 4.78 is 42.5. The van der Waals surface area contributed by atoms with Crippen LogP contribution in [-0.4, -0.2) is 48.2 Å². The second-order valence-electron chi connectivity index (χ2n) is 6.56. The molecule has 2 N–H and O–H groups in total. The second kappa shape index (κ2) is 7.79. The van der Waals surface area contributed by atoms with E-state index in [2.05, 4.69) is 4.98 Å². The molecule has 0 atom stereocenters. The van der Waals surface area contributed by atoms with Crippen molar-refractivity contribution in [2.45, 2.75) is 25.4 Å². The van der Waals surface area contributed by atoms with Crippen molar-refractivity contribution < 1.29 is 12.8 Å². The summed E-state index contributed by atoms with van der Waals surface area (Å²) in [7, 11) is -2.07. The average molecular weight is 378 g/mol. The third-order valence-electron chi connectivity index (χ3n) is 4.63. The normalized spacial score (nSPS) is 16.9. The fourth-order valence-electron chi connectivity index (χ4n) is 3.06. The van der Waals surface area contributed by atoms with Crippen LogP contribution in [0.2, 0.25) is 0 Å². The van der Waals surface area contributed by atoms with Crippen molar-refractivity contribution in [3.63, 3.8) is 0 Å². The van der Waals surface area contributed by atoms with Gasteiger partial charge in [-0.2, -0.15) is 17.0 Å². The maximum atomic E-state index is 14.5. The third-order valence-corrected chi connectivity index (χ3v) is 6.56. The Kier molecular flexibility index (Phi) is 5.67. The predicted octanol–water partition coefficient (Wildman–Crippen LogP) is 1.99. The van der Waals surface area contributed by atoms with E-state index >= 15 is 0 Å². The number of pyridine rings is 1. The molecule has 1 aromatic heterocycles. The van der Waals surface area contributed by atoms with Crippen molar-refractivity contribution in [2.75, 3.05) is 20.1 Å². The summed E-state index contributed by atoms with van der Waals surface area (Å²) in [5.41, 5.74) is 7.55. The van der Waals surface area contributed by atoms with Crippen LogP contribution in [0, 0.1) is 5.82 Å². The van der Waals surface area contributed by atoms with Crippen LogP contribution < -0.4 is 5.73 Å². The van der Waals surface area contributed by atoms with Gasteiger partial charge in [-0.1, -0.05) is 18.2 Å². The molecule has 0 bridgehead atoms. The molecule has 0 spiro atoms. The van der Waals surface area contributed by atoms with E-state index in [0.29, 0.717) is 42.6 Å². The zero-order valence-electron chi connectivity index (χ0n) is 14.7. The van der Waals surface area contributed by atoms with Crippen molar-refractivity contribution in [1.82, 2.24) is 13.6 Å². The predicted molar refractivity (Wildman–Crippen MR) is 98.8 cm³/mol. The number of benzene rings is 1. The van der Waals surface area contributed by atoms with Crippen LogP contribution in [0.5, 0.6) is 0 Å². The lowest BCUT2D eigenvalue weighted by atomic mass is 10.0. The van der Waals surface area contributed by atoms with E-state index in [9.17, 15) is 12.8 Å². The van der Waals surface area contributed by atoms with Gasteiger partial charge in [-0.05, 0) is 30.5 Å². The summed E-state index contributed by atoms with van der Waals surface area (Å²) in [5.74, 6) is -0.398. The molecule has 1 aliphatic heterocycles. The van der Waals surface area contributed by atoms with Gasteiger partial charge in [0.25, 0.3) is 10.2 Å². The Morgan fingerprint density at radius 1 is 1.31 bits per heavy atom. The Balaban J connectivity index is 1.73. The van der Waals surface area contributed by atoms with E-state index in [1.165, 1.54) is 21.7 Å². The minimum absolute atomic E-state index is 0.0564. The molecule has 26 heavy (non-hydrogen) atoms. The second-order valence-corrected chi connectivity index (χ2v) is 8.59. The summed E-state index contributed by atoms with van der Waals surface area (Å²) >= 11 is 0. The van der Waals surface area contributed by atoms with Crippen LogP contribution >= 0.6 is 0 Å². The Morgan fingerprint density at radius 3 is 2.65 bits per heavy atom. The molecule has 1 aromatic carbocycles. The molecular weight excluding hydrogens is 355 g/mol. The van der Waals surface area contributed by atoms with E-state index in [4.69, 9.17) is 5.73 Å². The minimum atomic E-state index is -3.58. The highest BCUT2D eigenvalue weighted by Crippen LogP contribution is 2.24. The summed E-state index contributed by atoms with van der Waals surface area (Å²) in [6.45, 7) is 0.944. The van der Waals surface area contributed by atoms with Crippen LogP contribution in [0.15, 0.2) is 42.7 Å². The van der Waals surface area contributed by atoms with E-state index in [0.717, 1.165) is 0 Å². The topological polar surface area (TPSA) is 79.5 Å². The zero-order valence-corrected chi connectivity index (χ0v) is 15.5. The van der Waals surface area contributed by atoms with Gasteiger partial charge in [-0.3, -0.25) is 4.98 Å². The summed E-state index contributed by atoms with van der Waals surface area (Å²) in [5, 5.41) is 0. The van der Waals surface area contributed by atoms with Gasteiger partial charge in [0.1, 0.15) is 5.82 Å². The Morgan fingerprint density at radius 2 is 2.04 bits per heavy atom.